The second-order valence-corrected chi connectivity index (χ2v) is 13.5. The highest BCUT2D eigenvalue weighted by molar-refractivity contribution is 5.77. The summed E-state index contributed by atoms with van der Waals surface area (Å²) < 4.78 is 35.7. The lowest BCUT2D eigenvalue weighted by Gasteiger charge is -2.29. The van der Waals surface area contributed by atoms with Crippen LogP contribution < -0.4 is 0 Å². The molecule has 3 rings (SSSR count). The van der Waals surface area contributed by atoms with Gasteiger partial charge in [0.25, 0.3) is 0 Å². The van der Waals surface area contributed by atoms with Crippen LogP contribution in [0.3, 0.4) is 0 Å². The molecule has 15 nitrogen and oxygen atoms in total. The molecule has 0 aromatic rings. The molecule has 0 bridgehead atoms. The maximum absolute atomic E-state index is 11.8. The zero-order valence-electron chi connectivity index (χ0n) is 29.4. The van der Waals surface area contributed by atoms with Crippen molar-refractivity contribution in [2.75, 3.05) is 33.0 Å². The average Bonchev–Trinajstić information content (AvgIpc) is 3.00. The van der Waals surface area contributed by atoms with Crippen molar-refractivity contribution in [3.05, 3.63) is 0 Å². The third-order valence-corrected chi connectivity index (χ3v) is 7.03. The second-order valence-electron chi connectivity index (χ2n) is 13.5. The smallest absolute Gasteiger partial charge is 0.335 e. The molecule has 0 aromatic carbocycles. The standard InChI is InChI=1S/C13H22O5.C11H18O5.C9H14O5/c1-5-16-11(14)9-6-7-10(17-8-9)12(15)18-13(2,3)4;1-11(2,3)16-10(14)8-5-4-7(6-15-8)9(12)13;1-2-13-9(12)6-3-4-7(8(10)11)14-5-6/h9-10H,5-8H2,1-4H3;7-8H,4-6H2,1-3H3,(H,12,13);6-7H,2-5H2,1H3,(H,10,11). The van der Waals surface area contributed by atoms with Crippen molar-refractivity contribution in [2.24, 2.45) is 17.8 Å². The number of ether oxygens (including phenoxy) is 7. The van der Waals surface area contributed by atoms with E-state index in [1.54, 1.807) is 34.6 Å². The Bertz CT molecular complexity index is 1050. The van der Waals surface area contributed by atoms with Gasteiger partial charge in [0.05, 0.1) is 50.8 Å². The average molecular weight is 691 g/mol. The van der Waals surface area contributed by atoms with Crippen molar-refractivity contribution in [1.29, 1.82) is 0 Å². The van der Waals surface area contributed by atoms with Gasteiger partial charge in [-0.2, -0.15) is 0 Å². The largest absolute Gasteiger partial charge is 0.481 e. The molecule has 0 aromatic heterocycles. The first kappa shape index (κ1) is 42.7. The Hall–Kier alpha value is -3.30. The Balaban J connectivity index is 0.000000363. The summed E-state index contributed by atoms with van der Waals surface area (Å²) in [6, 6.07) is 0. The first-order valence-electron chi connectivity index (χ1n) is 16.4. The minimum atomic E-state index is -0.965. The Morgan fingerprint density at radius 1 is 0.521 bits per heavy atom. The van der Waals surface area contributed by atoms with Gasteiger partial charge in [-0.15, -0.1) is 0 Å². The first-order valence-corrected chi connectivity index (χ1v) is 16.4. The fourth-order valence-electron chi connectivity index (χ4n) is 4.64. The Labute approximate surface area is 282 Å². The molecular formula is C33H54O15. The third kappa shape index (κ3) is 16.7. The highest BCUT2D eigenvalue weighted by Crippen LogP contribution is 2.24. The number of rotatable bonds is 8. The molecule has 6 atom stereocenters. The van der Waals surface area contributed by atoms with Crippen molar-refractivity contribution in [2.45, 2.75) is 123 Å². The fourth-order valence-corrected chi connectivity index (χ4v) is 4.64. The van der Waals surface area contributed by atoms with Gasteiger partial charge in [-0.25, -0.2) is 14.4 Å². The van der Waals surface area contributed by atoms with E-state index in [2.05, 4.69) is 0 Å². The van der Waals surface area contributed by atoms with Gasteiger partial charge >= 0.3 is 35.8 Å². The quantitative estimate of drug-likeness (QED) is 0.277. The summed E-state index contributed by atoms with van der Waals surface area (Å²) in [4.78, 5) is 67.2. The van der Waals surface area contributed by atoms with Crippen LogP contribution in [-0.2, 0) is 61.9 Å². The predicted molar refractivity (Wildman–Crippen MR) is 168 cm³/mol. The van der Waals surface area contributed by atoms with E-state index in [0.717, 1.165) is 0 Å². The molecule has 48 heavy (non-hydrogen) atoms. The van der Waals surface area contributed by atoms with Gasteiger partial charge in [-0.3, -0.25) is 14.4 Å². The van der Waals surface area contributed by atoms with Crippen LogP contribution in [0.5, 0.6) is 0 Å². The van der Waals surface area contributed by atoms with Crippen LogP contribution >= 0.6 is 0 Å². The van der Waals surface area contributed by atoms with Crippen molar-refractivity contribution in [1.82, 2.24) is 0 Å². The topological polar surface area (TPSA) is 207 Å². The lowest BCUT2D eigenvalue weighted by Crippen LogP contribution is -2.39. The number of hydrogen-bond donors (Lipinski definition) is 2. The molecule has 3 aliphatic rings. The molecule has 3 saturated heterocycles. The molecule has 15 heteroatoms. The van der Waals surface area contributed by atoms with Gasteiger partial charge in [0.15, 0.2) is 18.3 Å². The van der Waals surface area contributed by atoms with Crippen molar-refractivity contribution in [3.8, 4) is 0 Å². The molecule has 3 aliphatic heterocycles. The van der Waals surface area contributed by atoms with Gasteiger partial charge in [0.1, 0.15) is 11.2 Å². The highest BCUT2D eigenvalue weighted by atomic mass is 16.6. The maximum atomic E-state index is 11.8. The van der Waals surface area contributed by atoms with E-state index in [1.807, 2.05) is 20.8 Å². The molecule has 0 saturated carbocycles. The molecule has 0 amide bonds. The number of hydrogen-bond acceptors (Lipinski definition) is 13. The fraction of sp³-hybridized carbons (Fsp3) is 0.818. The van der Waals surface area contributed by atoms with Crippen LogP contribution in [0.4, 0.5) is 0 Å². The Morgan fingerprint density at radius 2 is 0.854 bits per heavy atom. The molecule has 276 valence electrons. The van der Waals surface area contributed by atoms with Crippen molar-refractivity contribution >= 4 is 35.8 Å². The summed E-state index contributed by atoms with van der Waals surface area (Å²) in [7, 11) is 0. The zero-order valence-corrected chi connectivity index (χ0v) is 29.4. The minimum absolute atomic E-state index is 0.0826. The molecule has 3 fully saturated rings. The van der Waals surface area contributed by atoms with Gasteiger partial charge < -0.3 is 43.4 Å². The van der Waals surface area contributed by atoms with E-state index in [4.69, 9.17) is 43.4 Å². The van der Waals surface area contributed by atoms with E-state index < -0.39 is 53.3 Å². The summed E-state index contributed by atoms with van der Waals surface area (Å²) in [6.45, 7) is 15.5. The summed E-state index contributed by atoms with van der Waals surface area (Å²) >= 11 is 0. The third-order valence-electron chi connectivity index (χ3n) is 7.03. The van der Waals surface area contributed by atoms with E-state index in [9.17, 15) is 28.8 Å². The van der Waals surface area contributed by atoms with Crippen LogP contribution in [0.15, 0.2) is 0 Å². The molecule has 3 heterocycles. The van der Waals surface area contributed by atoms with Gasteiger partial charge in [-0.05, 0) is 93.9 Å². The van der Waals surface area contributed by atoms with E-state index >= 15 is 0 Å². The number of carbonyl (C=O) groups is 6. The normalized spacial score (nSPS) is 25.8. The minimum Gasteiger partial charge on any atom is -0.481 e. The molecule has 0 radical (unpaired) electrons. The van der Waals surface area contributed by atoms with Crippen LogP contribution in [0, 0.1) is 17.8 Å². The molecule has 6 unspecified atom stereocenters. The van der Waals surface area contributed by atoms with Crippen LogP contribution in [0.2, 0.25) is 0 Å². The number of carbonyl (C=O) groups excluding carboxylic acids is 4. The van der Waals surface area contributed by atoms with E-state index in [0.29, 0.717) is 51.7 Å². The zero-order chi connectivity index (χ0) is 36.7. The van der Waals surface area contributed by atoms with Gasteiger partial charge in [0, 0.05) is 0 Å². The Kier molecular flexibility index (Phi) is 18.0. The second kappa shape index (κ2) is 20.3. The van der Waals surface area contributed by atoms with Crippen LogP contribution in [-0.4, -0.2) is 109 Å². The van der Waals surface area contributed by atoms with Gasteiger partial charge in [-0.1, -0.05) is 0 Å². The lowest BCUT2D eigenvalue weighted by atomic mass is 9.98. The van der Waals surface area contributed by atoms with Gasteiger partial charge in [0.2, 0.25) is 0 Å². The predicted octanol–water partition coefficient (Wildman–Crippen LogP) is 3.32. The van der Waals surface area contributed by atoms with E-state index in [1.165, 1.54) is 0 Å². The van der Waals surface area contributed by atoms with Crippen LogP contribution in [0.25, 0.3) is 0 Å². The molecule has 0 aliphatic carbocycles. The van der Waals surface area contributed by atoms with Crippen molar-refractivity contribution < 1.29 is 72.1 Å². The monoisotopic (exact) mass is 690 g/mol. The molecular weight excluding hydrogens is 636 g/mol. The number of aliphatic carboxylic acids is 2. The van der Waals surface area contributed by atoms with Crippen molar-refractivity contribution in [3.63, 3.8) is 0 Å². The highest BCUT2D eigenvalue weighted by Gasteiger charge is 2.35. The molecule has 2 N–H and O–H groups in total. The lowest BCUT2D eigenvalue weighted by molar-refractivity contribution is -0.177. The SMILES string of the molecule is CC(C)(C)OC(=O)C1CCC(C(=O)O)CO1.CCOC(=O)C1CCC(C(=O)O)OC1.CCOC(=O)C1CCC(C(=O)OC(C)(C)C)OC1. The Morgan fingerprint density at radius 3 is 1.10 bits per heavy atom. The number of esters is 4. The van der Waals surface area contributed by atoms with E-state index in [-0.39, 0.29) is 49.6 Å². The summed E-state index contributed by atoms with van der Waals surface area (Å²) in [5.41, 5.74) is -1.05. The summed E-state index contributed by atoms with van der Waals surface area (Å²) in [6.07, 6.45) is 0.923. The number of carboxylic acids is 2. The summed E-state index contributed by atoms with van der Waals surface area (Å²) in [5, 5.41) is 17.4. The first-order chi connectivity index (χ1) is 22.3. The number of carboxylic acid groups (broad SMARTS) is 2. The molecule has 0 spiro atoms. The maximum Gasteiger partial charge on any atom is 0.335 e. The van der Waals surface area contributed by atoms with Crippen LogP contribution in [0.1, 0.15) is 93.9 Å². The summed E-state index contributed by atoms with van der Waals surface area (Å²) in [5.74, 6) is -4.21.